The number of carboxylic acid groups (broad SMARTS) is 1. The molecule has 0 bridgehead atoms. The van der Waals surface area contributed by atoms with Crippen LogP contribution in [0.5, 0.6) is 5.88 Å². The molecule has 3 heterocycles. The maximum Gasteiger partial charge on any atom is 0.306 e. The van der Waals surface area contributed by atoms with E-state index in [0.717, 1.165) is 0 Å². The van der Waals surface area contributed by atoms with Gasteiger partial charge in [0.1, 0.15) is 17.7 Å². The van der Waals surface area contributed by atoms with Crippen molar-refractivity contribution in [3.05, 3.63) is 24.2 Å². The van der Waals surface area contributed by atoms with Crippen LogP contribution in [0.25, 0.3) is 11.4 Å². The summed E-state index contributed by atoms with van der Waals surface area (Å²) in [6, 6.07) is 3.30. The topological polar surface area (TPSA) is 130 Å². The second kappa shape index (κ2) is 6.17. The van der Waals surface area contributed by atoms with Gasteiger partial charge in [-0.2, -0.15) is 5.10 Å². The fourth-order valence-electron chi connectivity index (χ4n) is 3.75. The summed E-state index contributed by atoms with van der Waals surface area (Å²) < 4.78 is 5.07. The Bertz CT molecular complexity index is 866. The Balaban J connectivity index is 1.50. The predicted octanol–water partition coefficient (Wildman–Crippen LogP) is 0.901. The zero-order valence-electron chi connectivity index (χ0n) is 14.2. The number of Topliss-reactive ketones (excluding diaryl/α,β-unsaturated/α-hetero) is 1. The van der Waals surface area contributed by atoms with Crippen LogP contribution < -0.4 is 10.1 Å². The van der Waals surface area contributed by atoms with E-state index in [0.29, 0.717) is 48.8 Å². The largest absolute Gasteiger partial charge is 0.481 e. The standard InChI is InChI=1S/C17H19N5O4/c1-26-14-5-11(18-8-19-14)12-4-13(22-21-12)15(23)10-7-17(10)6-9(16(24)25)2-3-20-17/h4-5,8-10,20H,2-3,6-7H2,1H3,(H,21,22)(H,24,25). The number of hydrogen-bond acceptors (Lipinski definition) is 7. The molecule has 0 amide bonds. The smallest absolute Gasteiger partial charge is 0.306 e. The number of rotatable bonds is 5. The number of nitrogens with zero attached hydrogens (tertiary/aromatic N) is 3. The van der Waals surface area contributed by atoms with Crippen LogP contribution in [0.2, 0.25) is 0 Å². The molecule has 2 aromatic rings. The van der Waals surface area contributed by atoms with E-state index in [1.165, 1.54) is 13.4 Å². The average Bonchev–Trinajstić information content (AvgIpc) is 3.12. The van der Waals surface area contributed by atoms with Crippen molar-refractivity contribution >= 4 is 11.8 Å². The summed E-state index contributed by atoms with van der Waals surface area (Å²) in [6.45, 7) is 0.621. The highest BCUT2D eigenvalue weighted by Gasteiger charge is 2.60. The van der Waals surface area contributed by atoms with Crippen LogP contribution in [0.15, 0.2) is 18.5 Å². The van der Waals surface area contributed by atoms with Crippen molar-refractivity contribution < 1.29 is 19.4 Å². The van der Waals surface area contributed by atoms with Crippen LogP contribution in [0.3, 0.4) is 0 Å². The monoisotopic (exact) mass is 357 g/mol. The third-order valence-corrected chi connectivity index (χ3v) is 5.28. The minimum Gasteiger partial charge on any atom is -0.481 e. The Morgan fingerprint density at radius 3 is 2.88 bits per heavy atom. The van der Waals surface area contributed by atoms with Crippen molar-refractivity contribution in [2.24, 2.45) is 11.8 Å². The lowest BCUT2D eigenvalue weighted by Crippen LogP contribution is -2.44. The molecule has 3 atom stereocenters. The molecule has 9 nitrogen and oxygen atoms in total. The molecule has 3 N–H and O–H groups in total. The molecule has 0 radical (unpaired) electrons. The molecule has 136 valence electrons. The van der Waals surface area contributed by atoms with Crippen LogP contribution in [-0.4, -0.2) is 56.2 Å². The van der Waals surface area contributed by atoms with E-state index in [2.05, 4.69) is 25.5 Å². The van der Waals surface area contributed by atoms with Crippen LogP contribution in [0, 0.1) is 11.8 Å². The van der Waals surface area contributed by atoms with Crippen LogP contribution in [-0.2, 0) is 4.79 Å². The van der Waals surface area contributed by atoms with E-state index in [-0.39, 0.29) is 23.2 Å². The molecule has 1 aliphatic heterocycles. The number of aliphatic carboxylic acids is 1. The molecule has 2 aromatic heterocycles. The van der Waals surface area contributed by atoms with Gasteiger partial charge in [-0.1, -0.05) is 0 Å². The normalized spacial score (nSPS) is 27.3. The zero-order valence-corrected chi connectivity index (χ0v) is 14.2. The number of piperidine rings is 1. The molecule has 1 saturated carbocycles. The number of aromatic amines is 1. The molecule has 1 saturated heterocycles. The molecule has 2 fully saturated rings. The number of ketones is 1. The highest BCUT2D eigenvalue weighted by Crippen LogP contribution is 2.51. The van der Waals surface area contributed by atoms with Crippen LogP contribution >= 0.6 is 0 Å². The molecule has 0 aromatic carbocycles. The number of nitrogens with one attached hydrogen (secondary N) is 2. The maximum absolute atomic E-state index is 12.8. The van der Waals surface area contributed by atoms with Gasteiger partial charge in [-0.3, -0.25) is 14.7 Å². The minimum atomic E-state index is -0.787. The highest BCUT2D eigenvalue weighted by atomic mass is 16.5. The average molecular weight is 357 g/mol. The number of carboxylic acids is 1. The number of carbonyl (C=O) groups excluding carboxylic acids is 1. The van der Waals surface area contributed by atoms with Gasteiger partial charge in [-0.15, -0.1) is 0 Å². The molecule has 9 heteroatoms. The second-order valence-corrected chi connectivity index (χ2v) is 6.84. The number of hydrogen-bond donors (Lipinski definition) is 3. The summed E-state index contributed by atoms with van der Waals surface area (Å²) in [7, 11) is 1.51. The Kier molecular flexibility index (Phi) is 3.95. The van der Waals surface area contributed by atoms with Gasteiger partial charge in [0.05, 0.1) is 18.7 Å². The van der Waals surface area contributed by atoms with Gasteiger partial charge < -0.3 is 15.2 Å². The van der Waals surface area contributed by atoms with Gasteiger partial charge in [0.2, 0.25) is 5.88 Å². The van der Waals surface area contributed by atoms with Gasteiger partial charge in [-0.05, 0) is 31.9 Å². The molecule has 2 aliphatic rings. The third-order valence-electron chi connectivity index (χ3n) is 5.28. The molecule has 4 rings (SSSR count). The molecule has 26 heavy (non-hydrogen) atoms. The second-order valence-electron chi connectivity index (χ2n) is 6.84. The SMILES string of the molecule is COc1cc(-c2cc(C(=O)C3CC34CC(C(=O)O)CCN4)[nH]n2)ncn1. The molecular weight excluding hydrogens is 338 g/mol. The van der Waals surface area contributed by atoms with Crippen molar-refractivity contribution in [1.29, 1.82) is 0 Å². The molecule has 1 spiro atoms. The first-order valence-electron chi connectivity index (χ1n) is 8.46. The lowest BCUT2D eigenvalue weighted by Gasteiger charge is -2.28. The van der Waals surface area contributed by atoms with E-state index in [4.69, 9.17) is 4.74 Å². The quantitative estimate of drug-likeness (QED) is 0.673. The Hall–Kier alpha value is -2.81. The lowest BCUT2D eigenvalue weighted by atomic mass is 9.88. The number of H-pyrrole nitrogens is 1. The zero-order chi connectivity index (χ0) is 18.3. The minimum absolute atomic E-state index is 0.0525. The van der Waals surface area contributed by atoms with Crippen molar-refractivity contribution in [3.63, 3.8) is 0 Å². The number of ether oxygens (including phenoxy) is 1. The summed E-state index contributed by atoms with van der Waals surface area (Å²) in [4.78, 5) is 32.2. The van der Waals surface area contributed by atoms with E-state index < -0.39 is 5.97 Å². The van der Waals surface area contributed by atoms with Gasteiger partial charge >= 0.3 is 5.97 Å². The molecule has 3 unspecified atom stereocenters. The van der Waals surface area contributed by atoms with Gasteiger partial charge in [0.15, 0.2) is 5.78 Å². The summed E-state index contributed by atoms with van der Waals surface area (Å²) in [5, 5.41) is 19.6. The van der Waals surface area contributed by atoms with E-state index in [9.17, 15) is 14.7 Å². The fraction of sp³-hybridized carbons (Fsp3) is 0.471. The van der Waals surface area contributed by atoms with Gasteiger partial charge in [0, 0.05) is 17.5 Å². The number of methoxy groups -OCH3 is 1. The Morgan fingerprint density at radius 1 is 1.27 bits per heavy atom. The van der Waals surface area contributed by atoms with Crippen molar-refractivity contribution in [1.82, 2.24) is 25.5 Å². The predicted molar refractivity (Wildman–Crippen MR) is 89.7 cm³/mol. The van der Waals surface area contributed by atoms with Crippen LogP contribution in [0.4, 0.5) is 0 Å². The first kappa shape index (κ1) is 16.6. The van der Waals surface area contributed by atoms with Crippen molar-refractivity contribution in [3.8, 4) is 17.3 Å². The summed E-state index contributed by atoms with van der Waals surface area (Å²) >= 11 is 0. The Morgan fingerprint density at radius 2 is 2.12 bits per heavy atom. The van der Waals surface area contributed by atoms with Crippen molar-refractivity contribution in [2.75, 3.05) is 13.7 Å². The molecule has 1 aliphatic carbocycles. The van der Waals surface area contributed by atoms with Crippen molar-refractivity contribution in [2.45, 2.75) is 24.8 Å². The van der Waals surface area contributed by atoms with E-state index in [1.54, 1.807) is 12.1 Å². The summed E-state index contributed by atoms with van der Waals surface area (Å²) in [5.41, 5.74) is 1.10. The first-order valence-corrected chi connectivity index (χ1v) is 8.46. The summed E-state index contributed by atoms with van der Waals surface area (Å²) in [6.07, 6.45) is 3.12. The number of carbonyl (C=O) groups is 2. The van der Waals surface area contributed by atoms with Gasteiger partial charge in [-0.25, -0.2) is 9.97 Å². The molecular formula is C17H19N5O4. The third kappa shape index (κ3) is 2.84. The fourth-order valence-corrected chi connectivity index (χ4v) is 3.75. The van der Waals surface area contributed by atoms with E-state index in [1.807, 2.05) is 0 Å². The van der Waals surface area contributed by atoms with E-state index >= 15 is 0 Å². The number of aromatic nitrogens is 4. The maximum atomic E-state index is 12.8. The summed E-state index contributed by atoms with van der Waals surface area (Å²) in [5.74, 6) is -1.04. The Labute approximate surface area is 149 Å². The van der Waals surface area contributed by atoms with Gasteiger partial charge in [0.25, 0.3) is 0 Å². The highest BCUT2D eigenvalue weighted by molar-refractivity contribution is 6.00. The first-order chi connectivity index (χ1) is 12.5. The van der Waals surface area contributed by atoms with Crippen LogP contribution in [0.1, 0.15) is 29.8 Å². The lowest BCUT2D eigenvalue weighted by molar-refractivity contribution is -0.143.